The average Bonchev–Trinajstić information content (AvgIpc) is 2.98. The number of guanidine groups is 1. The summed E-state index contributed by atoms with van der Waals surface area (Å²) in [5.41, 5.74) is 0. The van der Waals surface area contributed by atoms with Crippen LogP contribution in [-0.4, -0.2) is 30.1 Å². The van der Waals surface area contributed by atoms with E-state index in [1.54, 1.807) is 11.3 Å². The lowest BCUT2D eigenvalue weighted by Gasteiger charge is -2.18. The molecule has 130 valence electrons. The summed E-state index contributed by atoms with van der Waals surface area (Å²) < 4.78 is 6.89. The molecule has 1 aromatic carbocycles. The zero-order chi connectivity index (χ0) is 17.4. The molecule has 24 heavy (non-hydrogen) atoms. The molecule has 0 saturated heterocycles. The van der Waals surface area contributed by atoms with E-state index in [0.717, 1.165) is 27.7 Å². The van der Waals surface area contributed by atoms with Crippen molar-refractivity contribution in [3.8, 4) is 5.75 Å². The average molecular weight is 411 g/mol. The van der Waals surface area contributed by atoms with Crippen LogP contribution in [0.25, 0.3) is 0 Å². The van der Waals surface area contributed by atoms with Crippen molar-refractivity contribution in [2.24, 2.45) is 4.99 Å². The molecule has 0 aliphatic rings. The molecule has 1 aromatic heterocycles. The Bertz CT molecular complexity index is 674. The molecule has 0 radical (unpaired) electrons. The van der Waals surface area contributed by atoms with E-state index in [4.69, 9.17) is 4.74 Å². The van der Waals surface area contributed by atoms with Gasteiger partial charge < -0.3 is 15.4 Å². The fourth-order valence-corrected chi connectivity index (χ4v) is 3.09. The van der Waals surface area contributed by atoms with Crippen molar-refractivity contribution in [1.29, 1.82) is 0 Å². The van der Waals surface area contributed by atoms with Gasteiger partial charge in [0, 0.05) is 17.6 Å². The van der Waals surface area contributed by atoms with Gasteiger partial charge in [0.05, 0.1) is 17.6 Å². The smallest absolute Gasteiger partial charge is 0.191 e. The van der Waals surface area contributed by atoms with Gasteiger partial charge in [-0.05, 0) is 48.8 Å². The van der Waals surface area contributed by atoms with E-state index in [2.05, 4.69) is 43.5 Å². The predicted molar refractivity (Wildman–Crippen MR) is 104 cm³/mol. The second kappa shape index (κ2) is 9.64. The molecule has 0 bridgehead atoms. The number of para-hydroxylation sites is 1. The molecule has 0 aliphatic heterocycles. The van der Waals surface area contributed by atoms with Gasteiger partial charge in [0.1, 0.15) is 16.9 Å². The zero-order valence-electron chi connectivity index (χ0n) is 14.2. The normalized spacial score (nSPS) is 12.8. The van der Waals surface area contributed by atoms with Crippen LogP contribution in [0.15, 0.2) is 39.9 Å². The van der Waals surface area contributed by atoms with Gasteiger partial charge in [-0.2, -0.15) is 0 Å². The molecule has 1 unspecified atom stereocenters. The Morgan fingerprint density at radius 3 is 2.83 bits per heavy atom. The standard InChI is InChI=1S/C17H23BrN4OS/c1-4-19-17(22-11-16-20-10-13(3)24-16)21-9-12(2)23-15-8-6-5-7-14(15)18/h5-8,10,12H,4,9,11H2,1-3H3,(H2,19,21,22). The Morgan fingerprint density at radius 2 is 2.17 bits per heavy atom. The third kappa shape index (κ3) is 6.13. The van der Waals surface area contributed by atoms with Gasteiger partial charge in [0.25, 0.3) is 0 Å². The molecular formula is C17H23BrN4OS. The minimum Gasteiger partial charge on any atom is -0.488 e. The number of hydrogen-bond donors (Lipinski definition) is 2. The van der Waals surface area contributed by atoms with Crippen molar-refractivity contribution in [3.05, 3.63) is 44.8 Å². The molecular weight excluding hydrogens is 388 g/mol. The third-order valence-corrected chi connectivity index (χ3v) is 4.66. The Hall–Kier alpha value is -1.60. The van der Waals surface area contributed by atoms with Gasteiger partial charge in [-0.3, -0.25) is 0 Å². The molecule has 0 aliphatic carbocycles. The number of rotatable bonds is 7. The van der Waals surface area contributed by atoms with E-state index >= 15 is 0 Å². The number of nitrogens with one attached hydrogen (secondary N) is 2. The van der Waals surface area contributed by atoms with Crippen molar-refractivity contribution < 1.29 is 4.74 Å². The van der Waals surface area contributed by atoms with Gasteiger partial charge in [0.15, 0.2) is 5.96 Å². The van der Waals surface area contributed by atoms with E-state index in [-0.39, 0.29) is 6.10 Å². The highest BCUT2D eigenvalue weighted by molar-refractivity contribution is 9.10. The number of nitrogens with zero attached hydrogens (tertiary/aromatic N) is 2. The summed E-state index contributed by atoms with van der Waals surface area (Å²) in [6.45, 7) is 8.17. The molecule has 1 heterocycles. The topological polar surface area (TPSA) is 58.5 Å². The van der Waals surface area contributed by atoms with E-state index in [1.165, 1.54) is 4.88 Å². The summed E-state index contributed by atoms with van der Waals surface area (Å²) in [7, 11) is 0. The van der Waals surface area contributed by atoms with Crippen LogP contribution in [0.4, 0.5) is 0 Å². The highest BCUT2D eigenvalue weighted by Gasteiger charge is 2.08. The van der Waals surface area contributed by atoms with Crippen molar-refractivity contribution in [1.82, 2.24) is 15.6 Å². The van der Waals surface area contributed by atoms with Crippen LogP contribution in [0.1, 0.15) is 23.7 Å². The van der Waals surface area contributed by atoms with Crippen LogP contribution in [0, 0.1) is 6.92 Å². The molecule has 2 N–H and O–H groups in total. The van der Waals surface area contributed by atoms with Crippen molar-refractivity contribution in [2.75, 3.05) is 13.1 Å². The van der Waals surface area contributed by atoms with Gasteiger partial charge in [-0.1, -0.05) is 12.1 Å². The molecule has 1 atom stereocenters. The first kappa shape index (κ1) is 18.7. The van der Waals surface area contributed by atoms with E-state index in [1.807, 2.05) is 44.3 Å². The van der Waals surface area contributed by atoms with E-state index in [0.29, 0.717) is 13.1 Å². The maximum atomic E-state index is 5.94. The summed E-state index contributed by atoms with van der Waals surface area (Å²) in [6.07, 6.45) is 1.89. The lowest BCUT2D eigenvalue weighted by atomic mass is 10.3. The Labute approximate surface area is 155 Å². The van der Waals surface area contributed by atoms with E-state index in [9.17, 15) is 0 Å². The van der Waals surface area contributed by atoms with Crippen molar-refractivity contribution in [3.63, 3.8) is 0 Å². The highest BCUT2D eigenvalue weighted by Crippen LogP contribution is 2.24. The quantitative estimate of drug-likeness (QED) is 0.539. The Balaban J connectivity index is 1.87. The highest BCUT2D eigenvalue weighted by atomic mass is 79.9. The fourth-order valence-electron chi connectivity index (χ4n) is 2.00. The molecule has 5 nitrogen and oxygen atoms in total. The van der Waals surface area contributed by atoms with Gasteiger partial charge >= 0.3 is 0 Å². The number of hydrogen-bond acceptors (Lipinski definition) is 4. The van der Waals surface area contributed by atoms with Crippen molar-refractivity contribution in [2.45, 2.75) is 33.4 Å². The maximum Gasteiger partial charge on any atom is 0.191 e. The molecule has 7 heteroatoms. The summed E-state index contributed by atoms with van der Waals surface area (Å²) in [4.78, 5) is 10.1. The molecule has 2 aromatic rings. The summed E-state index contributed by atoms with van der Waals surface area (Å²) in [6, 6.07) is 7.85. The van der Waals surface area contributed by atoms with Crippen LogP contribution < -0.4 is 15.4 Å². The Morgan fingerprint density at radius 1 is 1.38 bits per heavy atom. The first-order valence-electron chi connectivity index (χ1n) is 7.93. The van der Waals surface area contributed by atoms with Crippen LogP contribution in [0.3, 0.4) is 0 Å². The van der Waals surface area contributed by atoms with Crippen LogP contribution in [0.2, 0.25) is 0 Å². The molecule has 0 amide bonds. The number of benzene rings is 1. The predicted octanol–water partition coefficient (Wildman–Crippen LogP) is 3.74. The fraction of sp³-hybridized carbons (Fsp3) is 0.412. The van der Waals surface area contributed by atoms with Crippen LogP contribution >= 0.6 is 27.3 Å². The van der Waals surface area contributed by atoms with Crippen LogP contribution in [0.5, 0.6) is 5.75 Å². The summed E-state index contributed by atoms with van der Waals surface area (Å²) in [5, 5.41) is 7.57. The number of ether oxygens (including phenoxy) is 1. The second-order valence-electron chi connectivity index (χ2n) is 5.30. The molecule has 0 spiro atoms. The number of aliphatic imine (C=N–C) groups is 1. The number of thiazole rings is 1. The van der Waals surface area contributed by atoms with Crippen LogP contribution in [-0.2, 0) is 6.54 Å². The van der Waals surface area contributed by atoms with Crippen molar-refractivity contribution >= 4 is 33.2 Å². The molecule has 0 saturated carbocycles. The SMILES string of the molecule is CCNC(=NCc1ncc(C)s1)NCC(C)Oc1ccccc1Br. The minimum atomic E-state index is 0.00895. The lowest BCUT2D eigenvalue weighted by molar-refractivity contribution is 0.222. The Kier molecular flexibility index (Phi) is 7.52. The van der Waals surface area contributed by atoms with Gasteiger partial charge in [0.2, 0.25) is 0 Å². The first-order valence-corrected chi connectivity index (χ1v) is 9.54. The summed E-state index contributed by atoms with van der Waals surface area (Å²) >= 11 is 5.17. The third-order valence-electron chi connectivity index (χ3n) is 3.11. The minimum absolute atomic E-state index is 0.00895. The number of aryl methyl sites for hydroxylation is 1. The number of halogens is 1. The summed E-state index contributed by atoms with van der Waals surface area (Å²) in [5.74, 6) is 1.61. The largest absolute Gasteiger partial charge is 0.488 e. The zero-order valence-corrected chi connectivity index (χ0v) is 16.6. The van der Waals surface area contributed by atoms with E-state index < -0.39 is 0 Å². The molecule has 2 rings (SSSR count). The van der Waals surface area contributed by atoms with Gasteiger partial charge in [-0.25, -0.2) is 9.98 Å². The molecule has 0 fully saturated rings. The van der Waals surface area contributed by atoms with Gasteiger partial charge in [-0.15, -0.1) is 11.3 Å². The first-order chi connectivity index (χ1) is 11.6. The maximum absolute atomic E-state index is 5.94. The second-order valence-corrected chi connectivity index (χ2v) is 7.47. The lowest BCUT2D eigenvalue weighted by Crippen LogP contribution is -2.41. The number of aromatic nitrogens is 1. The monoisotopic (exact) mass is 410 g/mol.